The van der Waals surface area contributed by atoms with Gasteiger partial charge in [-0.3, -0.25) is 0 Å². The smallest absolute Gasteiger partial charge is 0.338 e. The summed E-state index contributed by atoms with van der Waals surface area (Å²) < 4.78 is 4.67. The normalized spacial score (nSPS) is 10.3. The lowest BCUT2D eigenvalue weighted by Crippen LogP contribution is -2.07. The molecule has 0 radical (unpaired) electrons. The summed E-state index contributed by atoms with van der Waals surface area (Å²) >= 11 is 0. The second-order valence-electron chi connectivity index (χ2n) is 3.17. The molecule has 0 heterocycles. The van der Waals surface area contributed by atoms with Gasteiger partial charge < -0.3 is 9.75 Å². The summed E-state index contributed by atoms with van der Waals surface area (Å²) in [5, 5.41) is 5.73. The zero-order chi connectivity index (χ0) is 11.3. The van der Waals surface area contributed by atoms with E-state index in [-0.39, 0.29) is 5.97 Å². The molecule has 0 saturated heterocycles. The summed E-state index contributed by atoms with van der Waals surface area (Å²) in [4.78, 5) is 11.4. The third-order valence-corrected chi connectivity index (χ3v) is 1.79. The van der Waals surface area contributed by atoms with Crippen molar-refractivity contribution in [3.63, 3.8) is 0 Å². The first-order valence-corrected chi connectivity index (χ1v) is 4.54. The fraction of sp³-hybridized carbons (Fsp3) is 0.273. The van der Waals surface area contributed by atoms with Crippen molar-refractivity contribution >= 4 is 12.2 Å². The summed E-state index contributed by atoms with van der Waals surface area (Å²) in [6.07, 6.45) is 1.63. The summed E-state index contributed by atoms with van der Waals surface area (Å²) in [5.41, 5.74) is 1.27. The van der Waals surface area contributed by atoms with Gasteiger partial charge in [0, 0.05) is 19.7 Å². The van der Waals surface area contributed by atoms with E-state index in [4.69, 9.17) is 0 Å². The molecule has 0 aliphatic heterocycles. The van der Waals surface area contributed by atoms with Crippen LogP contribution in [0.3, 0.4) is 0 Å². The fourth-order valence-corrected chi connectivity index (χ4v) is 1.08. The van der Waals surface area contributed by atoms with Crippen molar-refractivity contribution in [3.8, 4) is 0 Å². The molecule has 0 unspecified atom stereocenters. The number of methoxy groups -OCH3 is 1. The van der Waals surface area contributed by atoms with E-state index < -0.39 is 0 Å². The average molecular weight is 206 g/mol. The first-order valence-electron chi connectivity index (χ1n) is 4.54. The molecule has 0 spiro atoms. The maximum Gasteiger partial charge on any atom is 0.338 e. The van der Waals surface area contributed by atoms with Crippen molar-refractivity contribution in [2.24, 2.45) is 5.10 Å². The second-order valence-corrected chi connectivity index (χ2v) is 3.17. The van der Waals surface area contributed by atoms with E-state index in [1.807, 2.05) is 26.2 Å². The van der Waals surface area contributed by atoms with Crippen LogP contribution in [0.25, 0.3) is 0 Å². The maximum atomic E-state index is 11.4. The first-order chi connectivity index (χ1) is 7.15. The number of hydrogen-bond acceptors (Lipinski definition) is 4. The molecule has 0 atom stereocenters. The highest BCUT2D eigenvalue weighted by Crippen LogP contribution is 2.07. The standard InChI is InChI=1S/C11H14N2O2/c1-13(2)12-8-9-6-4-5-7-10(9)11(14)15-3/h4-8H,1-3H3/b12-8+. The van der Waals surface area contributed by atoms with E-state index in [1.54, 1.807) is 23.4 Å². The molecule has 0 aromatic heterocycles. The van der Waals surface area contributed by atoms with E-state index in [2.05, 4.69) is 9.84 Å². The molecule has 1 aromatic rings. The van der Waals surface area contributed by atoms with E-state index >= 15 is 0 Å². The SMILES string of the molecule is COC(=O)c1ccccc1/C=N/N(C)C. The van der Waals surface area contributed by atoms with E-state index in [9.17, 15) is 4.79 Å². The zero-order valence-electron chi connectivity index (χ0n) is 9.10. The molecule has 0 bridgehead atoms. The van der Waals surface area contributed by atoms with Gasteiger partial charge in [0.15, 0.2) is 0 Å². The minimum absolute atomic E-state index is 0.351. The number of ether oxygens (including phenoxy) is 1. The Labute approximate surface area is 89.2 Å². The van der Waals surface area contributed by atoms with Crippen LogP contribution in [-0.2, 0) is 4.74 Å². The minimum Gasteiger partial charge on any atom is -0.465 e. The van der Waals surface area contributed by atoms with Crippen LogP contribution in [0.5, 0.6) is 0 Å². The Kier molecular flexibility index (Phi) is 3.85. The van der Waals surface area contributed by atoms with Gasteiger partial charge in [-0.05, 0) is 6.07 Å². The monoisotopic (exact) mass is 206 g/mol. The van der Waals surface area contributed by atoms with Crippen LogP contribution < -0.4 is 0 Å². The molecule has 80 valence electrons. The number of carbonyl (C=O) groups is 1. The van der Waals surface area contributed by atoms with Crippen molar-refractivity contribution in [2.45, 2.75) is 0 Å². The molecule has 0 saturated carbocycles. The lowest BCUT2D eigenvalue weighted by atomic mass is 10.1. The molecule has 15 heavy (non-hydrogen) atoms. The second kappa shape index (κ2) is 5.14. The predicted octanol–water partition coefficient (Wildman–Crippen LogP) is 1.37. The van der Waals surface area contributed by atoms with Crippen LogP contribution in [0.4, 0.5) is 0 Å². The summed E-state index contributed by atoms with van der Waals surface area (Å²) in [5.74, 6) is -0.351. The molecule has 4 nitrogen and oxygen atoms in total. The van der Waals surface area contributed by atoms with Gasteiger partial charge in [-0.15, -0.1) is 0 Å². The van der Waals surface area contributed by atoms with Gasteiger partial charge in [0.1, 0.15) is 0 Å². The number of hydrazone groups is 1. The first kappa shape index (κ1) is 11.2. The van der Waals surface area contributed by atoms with Crippen molar-refractivity contribution in [1.82, 2.24) is 5.01 Å². The van der Waals surface area contributed by atoms with Gasteiger partial charge in [0.05, 0.1) is 18.9 Å². The van der Waals surface area contributed by atoms with Crippen LogP contribution in [0.2, 0.25) is 0 Å². The highest BCUT2D eigenvalue weighted by atomic mass is 16.5. The predicted molar refractivity (Wildman–Crippen MR) is 59.1 cm³/mol. The molecule has 0 fully saturated rings. The third kappa shape index (κ3) is 3.09. The number of esters is 1. The van der Waals surface area contributed by atoms with Crippen molar-refractivity contribution in [2.75, 3.05) is 21.2 Å². The minimum atomic E-state index is -0.351. The van der Waals surface area contributed by atoms with Crippen LogP contribution in [0.15, 0.2) is 29.4 Å². The number of rotatable bonds is 3. The maximum absolute atomic E-state index is 11.4. The fourth-order valence-electron chi connectivity index (χ4n) is 1.08. The molecule has 0 amide bonds. The molecule has 4 heteroatoms. The highest BCUT2D eigenvalue weighted by molar-refractivity contribution is 5.99. The lowest BCUT2D eigenvalue weighted by molar-refractivity contribution is 0.0600. The Balaban J connectivity index is 3.01. The Hall–Kier alpha value is -1.84. The Bertz CT molecular complexity index is 373. The highest BCUT2D eigenvalue weighted by Gasteiger charge is 2.08. The molecule has 0 aliphatic rings. The summed E-state index contributed by atoms with van der Waals surface area (Å²) in [7, 11) is 5.00. The molecule has 0 N–H and O–H groups in total. The molecular weight excluding hydrogens is 192 g/mol. The molecule has 0 aliphatic carbocycles. The zero-order valence-corrected chi connectivity index (χ0v) is 9.10. The van der Waals surface area contributed by atoms with Gasteiger partial charge in [-0.1, -0.05) is 18.2 Å². The van der Waals surface area contributed by atoms with Crippen molar-refractivity contribution in [3.05, 3.63) is 35.4 Å². The summed E-state index contributed by atoms with van der Waals surface area (Å²) in [6.45, 7) is 0. The average Bonchev–Trinajstić information content (AvgIpc) is 2.25. The number of hydrogen-bond donors (Lipinski definition) is 0. The lowest BCUT2D eigenvalue weighted by Gasteiger charge is -2.05. The van der Waals surface area contributed by atoms with E-state index in [0.29, 0.717) is 5.56 Å². The largest absolute Gasteiger partial charge is 0.465 e. The van der Waals surface area contributed by atoms with Crippen LogP contribution in [0.1, 0.15) is 15.9 Å². The Morgan fingerprint density at radius 3 is 2.67 bits per heavy atom. The third-order valence-electron chi connectivity index (χ3n) is 1.79. The van der Waals surface area contributed by atoms with E-state index in [1.165, 1.54) is 7.11 Å². The van der Waals surface area contributed by atoms with Gasteiger partial charge in [-0.25, -0.2) is 4.79 Å². The number of benzene rings is 1. The van der Waals surface area contributed by atoms with Crippen LogP contribution >= 0.6 is 0 Å². The Morgan fingerprint density at radius 1 is 1.40 bits per heavy atom. The Morgan fingerprint density at radius 2 is 2.07 bits per heavy atom. The van der Waals surface area contributed by atoms with Gasteiger partial charge >= 0.3 is 5.97 Å². The van der Waals surface area contributed by atoms with Gasteiger partial charge in [-0.2, -0.15) is 5.10 Å². The number of carbonyl (C=O) groups excluding carboxylic acids is 1. The van der Waals surface area contributed by atoms with Crippen LogP contribution in [0, 0.1) is 0 Å². The molecule has 1 rings (SSSR count). The van der Waals surface area contributed by atoms with Crippen molar-refractivity contribution in [1.29, 1.82) is 0 Å². The molecule has 1 aromatic carbocycles. The quantitative estimate of drug-likeness (QED) is 0.426. The summed E-state index contributed by atoms with van der Waals surface area (Å²) in [6, 6.07) is 7.17. The van der Waals surface area contributed by atoms with Gasteiger partial charge in [0.2, 0.25) is 0 Å². The number of nitrogens with zero attached hydrogens (tertiary/aromatic N) is 2. The topological polar surface area (TPSA) is 41.9 Å². The van der Waals surface area contributed by atoms with Gasteiger partial charge in [0.25, 0.3) is 0 Å². The van der Waals surface area contributed by atoms with Crippen LogP contribution in [-0.4, -0.2) is 38.4 Å². The van der Waals surface area contributed by atoms with Crippen molar-refractivity contribution < 1.29 is 9.53 Å². The molecular formula is C11H14N2O2. The van der Waals surface area contributed by atoms with E-state index in [0.717, 1.165) is 5.56 Å².